The van der Waals surface area contributed by atoms with Gasteiger partial charge in [0.05, 0.1) is 5.69 Å². The number of nitrogens with zero attached hydrogens (tertiary/aromatic N) is 1. The summed E-state index contributed by atoms with van der Waals surface area (Å²) in [7, 11) is 0. The van der Waals surface area contributed by atoms with Crippen LogP contribution in [-0.2, 0) is 13.2 Å². The number of rotatable bonds is 6. The predicted octanol–water partition coefficient (Wildman–Crippen LogP) is 3.39. The van der Waals surface area contributed by atoms with Crippen LogP contribution in [0.2, 0.25) is 0 Å². The van der Waals surface area contributed by atoms with E-state index in [-0.39, 0.29) is 18.3 Å². The van der Waals surface area contributed by atoms with Crippen LogP contribution < -0.4 is 10.1 Å². The first-order valence-electron chi connectivity index (χ1n) is 7.60. The molecular weight excluding hydrogens is 308 g/mol. The minimum atomic E-state index is -0.291. The summed E-state index contributed by atoms with van der Waals surface area (Å²) < 4.78 is 16.2. The molecule has 0 aliphatic carbocycles. The van der Waals surface area contributed by atoms with Crippen LogP contribution in [0.15, 0.2) is 51.4 Å². The van der Waals surface area contributed by atoms with Crippen molar-refractivity contribution >= 4 is 5.91 Å². The van der Waals surface area contributed by atoms with Crippen LogP contribution in [0.4, 0.5) is 0 Å². The van der Waals surface area contributed by atoms with E-state index in [1.807, 2.05) is 44.2 Å². The largest absolute Gasteiger partial charge is 0.486 e. The first kappa shape index (κ1) is 15.9. The van der Waals surface area contributed by atoms with Crippen molar-refractivity contribution in [2.75, 3.05) is 0 Å². The molecule has 0 fully saturated rings. The smallest absolute Gasteiger partial charge is 0.287 e. The SMILES string of the molecule is Cc1noc(C)c1CNC(=O)c1ccc(COc2ccccc2)o1. The van der Waals surface area contributed by atoms with Crippen LogP contribution in [-0.4, -0.2) is 11.1 Å². The molecule has 6 heteroatoms. The van der Waals surface area contributed by atoms with Gasteiger partial charge in [-0.25, -0.2) is 0 Å². The molecule has 24 heavy (non-hydrogen) atoms. The van der Waals surface area contributed by atoms with Crippen LogP contribution in [0.5, 0.6) is 5.75 Å². The first-order chi connectivity index (χ1) is 11.6. The van der Waals surface area contributed by atoms with Gasteiger partial charge in [-0.3, -0.25) is 4.79 Å². The third-order valence-corrected chi connectivity index (χ3v) is 3.62. The molecule has 2 heterocycles. The molecule has 2 aromatic heterocycles. The van der Waals surface area contributed by atoms with Crippen LogP contribution in [0.1, 0.15) is 33.3 Å². The molecule has 1 amide bonds. The fourth-order valence-electron chi connectivity index (χ4n) is 2.26. The van der Waals surface area contributed by atoms with Crippen molar-refractivity contribution in [1.82, 2.24) is 10.5 Å². The van der Waals surface area contributed by atoms with E-state index >= 15 is 0 Å². The van der Waals surface area contributed by atoms with Crippen LogP contribution >= 0.6 is 0 Å². The van der Waals surface area contributed by atoms with E-state index in [1.165, 1.54) is 0 Å². The Morgan fingerprint density at radius 1 is 1.17 bits per heavy atom. The molecule has 3 aromatic rings. The van der Waals surface area contributed by atoms with Gasteiger partial charge in [0, 0.05) is 12.1 Å². The van der Waals surface area contributed by atoms with Crippen molar-refractivity contribution in [3.05, 3.63) is 71.0 Å². The molecule has 3 rings (SSSR count). The van der Waals surface area contributed by atoms with Crippen LogP contribution in [0, 0.1) is 13.8 Å². The zero-order valence-corrected chi connectivity index (χ0v) is 13.5. The van der Waals surface area contributed by atoms with Crippen LogP contribution in [0.3, 0.4) is 0 Å². The number of nitrogens with one attached hydrogen (secondary N) is 1. The second-order valence-electron chi connectivity index (χ2n) is 5.35. The molecule has 0 aliphatic heterocycles. The van der Waals surface area contributed by atoms with Crippen molar-refractivity contribution in [2.45, 2.75) is 27.0 Å². The van der Waals surface area contributed by atoms with Gasteiger partial charge in [0.25, 0.3) is 5.91 Å². The third-order valence-electron chi connectivity index (χ3n) is 3.62. The van der Waals surface area contributed by atoms with Gasteiger partial charge in [-0.2, -0.15) is 0 Å². The molecule has 0 atom stereocenters. The first-order valence-corrected chi connectivity index (χ1v) is 7.60. The monoisotopic (exact) mass is 326 g/mol. The molecular formula is C18H18N2O4. The molecule has 1 aromatic carbocycles. The lowest BCUT2D eigenvalue weighted by atomic mass is 10.2. The van der Waals surface area contributed by atoms with Gasteiger partial charge in [0.2, 0.25) is 0 Å². The normalized spacial score (nSPS) is 10.6. The van der Waals surface area contributed by atoms with E-state index in [9.17, 15) is 4.79 Å². The lowest BCUT2D eigenvalue weighted by Gasteiger charge is -2.04. The van der Waals surface area contributed by atoms with Gasteiger partial charge >= 0.3 is 0 Å². The van der Waals surface area contributed by atoms with Gasteiger partial charge in [0.1, 0.15) is 23.9 Å². The molecule has 1 N–H and O–H groups in total. The number of furan rings is 1. The highest BCUT2D eigenvalue weighted by molar-refractivity contribution is 5.91. The Morgan fingerprint density at radius 3 is 2.67 bits per heavy atom. The van der Waals surface area contributed by atoms with E-state index in [2.05, 4.69) is 10.5 Å². The van der Waals surface area contributed by atoms with Gasteiger partial charge in [-0.05, 0) is 38.1 Å². The Kier molecular flexibility index (Phi) is 4.65. The summed E-state index contributed by atoms with van der Waals surface area (Å²) in [4.78, 5) is 12.2. The van der Waals surface area contributed by atoms with Gasteiger partial charge in [-0.1, -0.05) is 23.4 Å². The summed E-state index contributed by atoms with van der Waals surface area (Å²) in [5.41, 5.74) is 1.65. The minimum absolute atomic E-state index is 0.244. The van der Waals surface area contributed by atoms with Gasteiger partial charge in [0.15, 0.2) is 5.76 Å². The standard InChI is InChI=1S/C18H18N2O4/c1-12-16(13(2)24-20-12)10-19-18(21)17-9-8-15(23-17)11-22-14-6-4-3-5-7-14/h3-9H,10-11H2,1-2H3,(H,19,21). The molecule has 0 saturated carbocycles. The number of hydrogen-bond acceptors (Lipinski definition) is 5. The highest BCUT2D eigenvalue weighted by atomic mass is 16.5. The zero-order chi connectivity index (χ0) is 16.9. The van der Waals surface area contributed by atoms with Crippen LogP contribution in [0.25, 0.3) is 0 Å². The van der Waals surface area contributed by atoms with Gasteiger partial charge < -0.3 is 19.0 Å². The van der Waals surface area contributed by atoms with E-state index in [0.717, 1.165) is 17.0 Å². The highest BCUT2D eigenvalue weighted by Gasteiger charge is 2.14. The Balaban J connectivity index is 1.55. The Hall–Kier alpha value is -3.02. The summed E-state index contributed by atoms with van der Waals surface area (Å²) in [6.45, 7) is 4.26. The van der Waals surface area contributed by atoms with E-state index in [1.54, 1.807) is 12.1 Å². The lowest BCUT2D eigenvalue weighted by Crippen LogP contribution is -2.22. The molecule has 0 radical (unpaired) electrons. The summed E-state index contributed by atoms with van der Waals surface area (Å²) in [6.07, 6.45) is 0. The zero-order valence-electron chi connectivity index (χ0n) is 13.5. The summed E-state index contributed by atoms with van der Waals surface area (Å²) in [6, 6.07) is 12.8. The number of para-hydroxylation sites is 1. The van der Waals surface area contributed by atoms with Crippen molar-refractivity contribution in [2.24, 2.45) is 0 Å². The molecule has 0 aliphatic rings. The number of carbonyl (C=O) groups excluding carboxylic acids is 1. The predicted molar refractivity (Wildman–Crippen MR) is 86.6 cm³/mol. The number of amides is 1. The number of benzene rings is 1. The minimum Gasteiger partial charge on any atom is -0.486 e. The topological polar surface area (TPSA) is 77.5 Å². The molecule has 0 saturated heterocycles. The molecule has 124 valence electrons. The summed E-state index contributed by atoms with van der Waals surface area (Å²) in [5, 5.41) is 6.65. The van der Waals surface area contributed by atoms with Crippen molar-refractivity contribution in [3.63, 3.8) is 0 Å². The average Bonchev–Trinajstić information content (AvgIpc) is 3.19. The van der Waals surface area contributed by atoms with E-state index < -0.39 is 0 Å². The molecule has 6 nitrogen and oxygen atoms in total. The summed E-state index contributed by atoms with van der Waals surface area (Å²) in [5.74, 6) is 1.98. The second-order valence-corrected chi connectivity index (χ2v) is 5.35. The van der Waals surface area contributed by atoms with Crippen molar-refractivity contribution in [3.8, 4) is 5.75 Å². The highest BCUT2D eigenvalue weighted by Crippen LogP contribution is 2.15. The van der Waals surface area contributed by atoms with E-state index in [4.69, 9.17) is 13.7 Å². The fourth-order valence-corrected chi connectivity index (χ4v) is 2.26. The Bertz CT molecular complexity index is 801. The Labute approximate surface area is 139 Å². The number of carbonyl (C=O) groups is 1. The number of hydrogen-bond donors (Lipinski definition) is 1. The Morgan fingerprint density at radius 2 is 1.96 bits per heavy atom. The third kappa shape index (κ3) is 3.65. The van der Waals surface area contributed by atoms with E-state index in [0.29, 0.717) is 18.1 Å². The number of aromatic nitrogens is 1. The second kappa shape index (κ2) is 7.04. The molecule has 0 spiro atoms. The van der Waals surface area contributed by atoms with Crippen molar-refractivity contribution in [1.29, 1.82) is 0 Å². The quantitative estimate of drug-likeness (QED) is 0.751. The summed E-state index contributed by atoms with van der Waals surface area (Å²) >= 11 is 0. The number of ether oxygens (including phenoxy) is 1. The molecule has 0 bridgehead atoms. The maximum atomic E-state index is 12.2. The maximum Gasteiger partial charge on any atom is 0.287 e. The average molecular weight is 326 g/mol. The lowest BCUT2D eigenvalue weighted by molar-refractivity contribution is 0.0919. The van der Waals surface area contributed by atoms with Crippen molar-refractivity contribution < 1.29 is 18.5 Å². The fraction of sp³-hybridized carbons (Fsp3) is 0.222. The number of aryl methyl sites for hydroxylation is 2. The van der Waals surface area contributed by atoms with Gasteiger partial charge in [-0.15, -0.1) is 0 Å². The molecule has 0 unspecified atom stereocenters. The maximum absolute atomic E-state index is 12.2.